The summed E-state index contributed by atoms with van der Waals surface area (Å²) in [6.45, 7) is 0. The first kappa shape index (κ1) is 13.2. The zero-order chi connectivity index (χ0) is 14.2. The summed E-state index contributed by atoms with van der Waals surface area (Å²) in [6.07, 6.45) is 3.17. The molecule has 1 heterocycles. The molecule has 2 atom stereocenters. The third kappa shape index (κ3) is 2.81. The Balaban J connectivity index is 1.51. The van der Waals surface area contributed by atoms with Crippen LogP contribution in [0.25, 0.3) is 0 Å². The van der Waals surface area contributed by atoms with Gasteiger partial charge in [-0.25, -0.2) is 0 Å². The Morgan fingerprint density at radius 3 is 2.76 bits per heavy atom. The molecule has 4 rings (SSSR count). The molecule has 0 radical (unpaired) electrons. The number of rotatable bonds is 4. The second-order valence-corrected chi connectivity index (χ2v) is 7.08. The molecule has 1 aliphatic heterocycles. The van der Waals surface area contributed by atoms with E-state index in [0.717, 1.165) is 30.6 Å². The van der Waals surface area contributed by atoms with E-state index in [4.69, 9.17) is 4.74 Å². The number of ether oxygens (including phenoxy) is 1. The molecule has 0 amide bonds. The van der Waals surface area contributed by atoms with Crippen LogP contribution < -0.4 is 4.74 Å². The van der Waals surface area contributed by atoms with Crippen molar-refractivity contribution >= 4 is 11.8 Å². The first-order valence-corrected chi connectivity index (χ1v) is 8.37. The van der Waals surface area contributed by atoms with Crippen LogP contribution in [0.2, 0.25) is 0 Å². The molecule has 2 aliphatic rings. The molecular weight excluding hydrogens is 280 g/mol. The molecule has 0 saturated heterocycles. The van der Waals surface area contributed by atoms with E-state index in [-0.39, 0.29) is 5.25 Å². The molecule has 21 heavy (non-hydrogen) atoms. The number of aliphatic hydroxyl groups excluding tert-OH is 1. The topological polar surface area (TPSA) is 29.5 Å². The van der Waals surface area contributed by atoms with E-state index in [1.54, 1.807) is 11.8 Å². The van der Waals surface area contributed by atoms with Crippen molar-refractivity contribution in [3.05, 3.63) is 59.7 Å². The second kappa shape index (κ2) is 5.39. The van der Waals surface area contributed by atoms with Crippen molar-refractivity contribution in [2.75, 3.05) is 0 Å². The normalized spacial score (nSPS) is 21.9. The monoisotopic (exact) mass is 298 g/mol. The predicted octanol–water partition coefficient (Wildman–Crippen LogP) is 3.98. The fourth-order valence-electron chi connectivity index (χ4n) is 2.75. The number of benzene rings is 2. The van der Waals surface area contributed by atoms with E-state index < -0.39 is 6.10 Å². The average molecular weight is 298 g/mol. The first-order valence-electron chi connectivity index (χ1n) is 7.49. The molecule has 1 N–H and O–H groups in total. The van der Waals surface area contributed by atoms with Crippen LogP contribution in [0, 0.1) is 0 Å². The van der Waals surface area contributed by atoms with Crippen LogP contribution >= 0.6 is 11.8 Å². The molecule has 0 bridgehead atoms. The molecule has 2 aromatic carbocycles. The van der Waals surface area contributed by atoms with E-state index in [9.17, 15) is 5.11 Å². The number of aliphatic hydroxyl groups is 1. The number of thioether (sulfide) groups is 1. The molecule has 2 aromatic rings. The summed E-state index contributed by atoms with van der Waals surface area (Å²) >= 11 is 1.78. The standard InChI is InChI=1S/C18H18O2S/c19-18(17-11-12-4-1-2-7-16(12)21-17)13-5-3-6-15(10-13)20-14-8-9-14/h1-7,10,14,17-19H,8-9,11H2. The molecule has 2 nitrogen and oxygen atoms in total. The van der Waals surface area contributed by atoms with Crippen LogP contribution in [0.1, 0.15) is 30.1 Å². The summed E-state index contributed by atoms with van der Waals surface area (Å²) in [5.41, 5.74) is 2.30. The molecule has 3 heteroatoms. The van der Waals surface area contributed by atoms with Crippen LogP contribution in [-0.2, 0) is 6.42 Å². The van der Waals surface area contributed by atoms with E-state index in [1.807, 2.05) is 24.3 Å². The Labute approximate surface area is 129 Å². The summed E-state index contributed by atoms with van der Waals surface area (Å²) in [5.74, 6) is 0.884. The van der Waals surface area contributed by atoms with Gasteiger partial charge in [0.05, 0.1) is 12.2 Å². The highest BCUT2D eigenvalue weighted by atomic mass is 32.2. The smallest absolute Gasteiger partial charge is 0.120 e. The third-order valence-corrected chi connectivity index (χ3v) is 5.43. The van der Waals surface area contributed by atoms with Gasteiger partial charge in [0.1, 0.15) is 5.75 Å². The lowest BCUT2D eigenvalue weighted by molar-refractivity contribution is 0.174. The highest BCUT2D eigenvalue weighted by Crippen LogP contribution is 2.43. The lowest BCUT2D eigenvalue weighted by atomic mass is 10.0. The van der Waals surface area contributed by atoms with Crippen LogP contribution in [0.3, 0.4) is 0 Å². The zero-order valence-corrected chi connectivity index (χ0v) is 12.6. The van der Waals surface area contributed by atoms with Gasteiger partial charge in [-0.05, 0) is 48.6 Å². The van der Waals surface area contributed by atoms with Gasteiger partial charge in [-0.2, -0.15) is 0 Å². The molecule has 1 saturated carbocycles. The Morgan fingerprint density at radius 1 is 1.10 bits per heavy atom. The number of hydrogen-bond donors (Lipinski definition) is 1. The first-order chi connectivity index (χ1) is 10.3. The minimum atomic E-state index is -0.454. The maximum Gasteiger partial charge on any atom is 0.120 e. The Bertz CT molecular complexity index is 626. The largest absolute Gasteiger partial charge is 0.490 e. The van der Waals surface area contributed by atoms with Crippen molar-refractivity contribution in [2.45, 2.75) is 41.6 Å². The molecule has 0 spiro atoms. The lowest BCUT2D eigenvalue weighted by Gasteiger charge is -2.18. The summed E-state index contributed by atoms with van der Waals surface area (Å²) in [5, 5.41) is 10.9. The van der Waals surface area contributed by atoms with Gasteiger partial charge in [0.25, 0.3) is 0 Å². The van der Waals surface area contributed by atoms with E-state index in [1.165, 1.54) is 10.5 Å². The fourth-order valence-corrected chi connectivity index (χ4v) is 4.08. The van der Waals surface area contributed by atoms with Gasteiger partial charge >= 0.3 is 0 Å². The van der Waals surface area contributed by atoms with Gasteiger partial charge in [-0.1, -0.05) is 30.3 Å². The maximum absolute atomic E-state index is 10.7. The number of hydrogen-bond acceptors (Lipinski definition) is 3. The van der Waals surface area contributed by atoms with Crippen molar-refractivity contribution in [1.82, 2.24) is 0 Å². The van der Waals surface area contributed by atoms with Crippen molar-refractivity contribution in [3.8, 4) is 5.75 Å². The van der Waals surface area contributed by atoms with Crippen molar-refractivity contribution in [2.24, 2.45) is 0 Å². The Kier molecular flexibility index (Phi) is 3.40. The van der Waals surface area contributed by atoms with Crippen molar-refractivity contribution in [1.29, 1.82) is 0 Å². The summed E-state index contributed by atoms with van der Waals surface area (Å²) in [4.78, 5) is 1.30. The van der Waals surface area contributed by atoms with Gasteiger partial charge in [0.2, 0.25) is 0 Å². The van der Waals surface area contributed by atoms with Gasteiger partial charge in [-0.3, -0.25) is 0 Å². The minimum Gasteiger partial charge on any atom is -0.490 e. The lowest BCUT2D eigenvalue weighted by Crippen LogP contribution is -2.14. The number of fused-ring (bicyclic) bond motifs is 1. The summed E-state index contributed by atoms with van der Waals surface area (Å²) in [6, 6.07) is 16.4. The molecule has 1 aliphatic carbocycles. The van der Waals surface area contributed by atoms with Gasteiger partial charge in [0, 0.05) is 10.1 Å². The highest BCUT2D eigenvalue weighted by Gasteiger charge is 2.29. The van der Waals surface area contributed by atoms with Crippen molar-refractivity contribution < 1.29 is 9.84 Å². The average Bonchev–Trinajstić information content (AvgIpc) is 3.21. The SMILES string of the molecule is OC(c1cccc(OC2CC2)c1)C1Cc2ccccc2S1. The molecule has 2 unspecified atom stereocenters. The Hall–Kier alpha value is -1.45. The third-order valence-electron chi connectivity index (χ3n) is 4.05. The molecule has 1 fully saturated rings. The van der Waals surface area contributed by atoms with E-state index in [2.05, 4.69) is 24.3 Å². The Morgan fingerprint density at radius 2 is 1.95 bits per heavy atom. The van der Waals surface area contributed by atoms with Crippen molar-refractivity contribution in [3.63, 3.8) is 0 Å². The second-order valence-electron chi connectivity index (χ2n) is 5.80. The van der Waals surface area contributed by atoms with Crippen LogP contribution in [0.15, 0.2) is 53.4 Å². The van der Waals surface area contributed by atoms with Gasteiger partial charge < -0.3 is 9.84 Å². The quantitative estimate of drug-likeness (QED) is 0.926. The highest BCUT2D eigenvalue weighted by molar-refractivity contribution is 8.00. The maximum atomic E-state index is 10.7. The molecular formula is C18H18O2S. The van der Waals surface area contributed by atoms with Gasteiger partial charge in [-0.15, -0.1) is 11.8 Å². The van der Waals surface area contributed by atoms with Crippen LogP contribution in [-0.4, -0.2) is 16.5 Å². The molecule has 108 valence electrons. The fraction of sp³-hybridized carbons (Fsp3) is 0.333. The summed E-state index contributed by atoms with van der Waals surface area (Å²) in [7, 11) is 0. The molecule has 0 aromatic heterocycles. The van der Waals surface area contributed by atoms with E-state index >= 15 is 0 Å². The van der Waals surface area contributed by atoms with Crippen LogP contribution in [0.5, 0.6) is 5.75 Å². The van der Waals surface area contributed by atoms with Crippen LogP contribution in [0.4, 0.5) is 0 Å². The van der Waals surface area contributed by atoms with Gasteiger partial charge in [0.15, 0.2) is 0 Å². The minimum absolute atomic E-state index is 0.193. The predicted molar refractivity (Wildman–Crippen MR) is 84.8 cm³/mol. The zero-order valence-electron chi connectivity index (χ0n) is 11.7. The van der Waals surface area contributed by atoms with E-state index in [0.29, 0.717) is 6.10 Å². The summed E-state index contributed by atoms with van der Waals surface area (Å²) < 4.78 is 5.82.